The Labute approximate surface area is 76.8 Å². The molecule has 66 valence electrons. The molecule has 0 aliphatic carbocycles. The molecule has 0 fully saturated rings. The van der Waals surface area contributed by atoms with Crippen LogP contribution in [-0.4, -0.2) is 15.4 Å². The average molecular weight is 183 g/mol. The molecule has 1 heterocycles. The van der Waals surface area contributed by atoms with Crippen LogP contribution in [0.3, 0.4) is 0 Å². The van der Waals surface area contributed by atoms with Gasteiger partial charge in [0, 0.05) is 11.8 Å². The van der Waals surface area contributed by atoms with Crippen molar-refractivity contribution in [2.75, 3.05) is 0 Å². The zero-order chi connectivity index (χ0) is 8.97. The van der Waals surface area contributed by atoms with E-state index in [1.165, 1.54) is 0 Å². The van der Waals surface area contributed by atoms with E-state index in [9.17, 15) is 0 Å². The van der Waals surface area contributed by atoms with Crippen LogP contribution in [0.5, 0.6) is 0 Å². The molecule has 0 bridgehead atoms. The number of nitrogens with zero attached hydrogens (tertiary/aromatic N) is 2. The fraction of sp³-hybridized carbons (Fsp3) is 0.500. The molecule has 12 heavy (non-hydrogen) atoms. The second-order valence-electron chi connectivity index (χ2n) is 2.73. The van der Waals surface area contributed by atoms with Crippen LogP contribution >= 0.6 is 11.8 Å². The standard InChI is InChI=1S/C8H13N3S/c1-6(2)12-8-4-3-7(5-9)10-11-8/h3-4,6H,5,9H2,1-2H3. The smallest absolute Gasteiger partial charge is 0.119 e. The van der Waals surface area contributed by atoms with Gasteiger partial charge in [-0.1, -0.05) is 13.8 Å². The molecule has 0 aromatic carbocycles. The minimum Gasteiger partial charge on any atom is -0.325 e. The summed E-state index contributed by atoms with van der Waals surface area (Å²) < 4.78 is 0. The van der Waals surface area contributed by atoms with E-state index in [1.807, 2.05) is 12.1 Å². The normalized spacial score (nSPS) is 10.7. The van der Waals surface area contributed by atoms with Crippen LogP contribution < -0.4 is 5.73 Å². The fourth-order valence-electron chi connectivity index (χ4n) is 0.761. The summed E-state index contributed by atoms with van der Waals surface area (Å²) >= 11 is 1.70. The second kappa shape index (κ2) is 4.42. The van der Waals surface area contributed by atoms with Crippen molar-refractivity contribution in [1.82, 2.24) is 10.2 Å². The molecule has 0 aliphatic heterocycles. The molecule has 0 aliphatic rings. The minimum absolute atomic E-state index is 0.458. The maximum atomic E-state index is 5.39. The second-order valence-corrected chi connectivity index (χ2v) is 4.33. The molecule has 1 aromatic rings. The Balaban J connectivity index is 2.65. The summed E-state index contributed by atoms with van der Waals surface area (Å²) in [5.41, 5.74) is 6.23. The molecule has 0 amide bonds. The molecular weight excluding hydrogens is 170 g/mol. The predicted molar refractivity (Wildman–Crippen MR) is 50.9 cm³/mol. The van der Waals surface area contributed by atoms with Crippen LogP contribution in [0.4, 0.5) is 0 Å². The van der Waals surface area contributed by atoms with Gasteiger partial charge in [-0.2, -0.15) is 5.10 Å². The van der Waals surface area contributed by atoms with Crippen molar-refractivity contribution in [3.05, 3.63) is 17.8 Å². The molecule has 0 unspecified atom stereocenters. The average Bonchev–Trinajstić information content (AvgIpc) is 2.05. The third kappa shape index (κ3) is 2.79. The number of hydrogen-bond donors (Lipinski definition) is 1. The van der Waals surface area contributed by atoms with Crippen LogP contribution in [0, 0.1) is 0 Å². The van der Waals surface area contributed by atoms with Crippen molar-refractivity contribution in [2.45, 2.75) is 30.7 Å². The Morgan fingerprint density at radius 1 is 1.42 bits per heavy atom. The fourth-order valence-corrected chi connectivity index (χ4v) is 1.48. The monoisotopic (exact) mass is 183 g/mol. The van der Waals surface area contributed by atoms with E-state index in [0.717, 1.165) is 10.7 Å². The number of thioether (sulfide) groups is 1. The zero-order valence-corrected chi connectivity index (χ0v) is 8.14. The highest BCUT2D eigenvalue weighted by atomic mass is 32.2. The quantitative estimate of drug-likeness (QED) is 0.720. The molecule has 0 spiro atoms. The number of hydrogen-bond acceptors (Lipinski definition) is 4. The Bertz CT molecular complexity index is 233. The van der Waals surface area contributed by atoms with E-state index < -0.39 is 0 Å². The summed E-state index contributed by atoms with van der Waals surface area (Å²) in [6.45, 7) is 4.71. The van der Waals surface area contributed by atoms with E-state index in [0.29, 0.717) is 11.8 Å². The Hall–Kier alpha value is -0.610. The van der Waals surface area contributed by atoms with Crippen molar-refractivity contribution >= 4 is 11.8 Å². The van der Waals surface area contributed by atoms with Gasteiger partial charge in [-0.05, 0) is 12.1 Å². The molecule has 3 nitrogen and oxygen atoms in total. The maximum Gasteiger partial charge on any atom is 0.119 e. The Morgan fingerprint density at radius 3 is 2.58 bits per heavy atom. The molecule has 4 heteroatoms. The van der Waals surface area contributed by atoms with Gasteiger partial charge in [0.25, 0.3) is 0 Å². The summed E-state index contributed by atoms with van der Waals surface area (Å²) in [5.74, 6) is 0. The lowest BCUT2D eigenvalue weighted by molar-refractivity contribution is 0.844. The highest BCUT2D eigenvalue weighted by molar-refractivity contribution is 7.99. The molecule has 0 saturated heterocycles. The van der Waals surface area contributed by atoms with Crippen molar-refractivity contribution < 1.29 is 0 Å². The van der Waals surface area contributed by atoms with Gasteiger partial charge in [-0.25, -0.2) is 0 Å². The van der Waals surface area contributed by atoms with Gasteiger partial charge in [0.2, 0.25) is 0 Å². The van der Waals surface area contributed by atoms with Gasteiger partial charge in [-0.15, -0.1) is 16.9 Å². The third-order valence-corrected chi connectivity index (χ3v) is 2.19. The lowest BCUT2D eigenvalue weighted by Crippen LogP contribution is -2.01. The minimum atomic E-state index is 0.458. The topological polar surface area (TPSA) is 51.8 Å². The molecule has 0 radical (unpaired) electrons. The zero-order valence-electron chi connectivity index (χ0n) is 7.32. The van der Waals surface area contributed by atoms with Gasteiger partial charge in [-0.3, -0.25) is 0 Å². The van der Waals surface area contributed by atoms with Gasteiger partial charge >= 0.3 is 0 Å². The van der Waals surface area contributed by atoms with E-state index in [2.05, 4.69) is 24.0 Å². The number of rotatable bonds is 3. The van der Waals surface area contributed by atoms with Crippen molar-refractivity contribution in [3.8, 4) is 0 Å². The highest BCUT2D eigenvalue weighted by Gasteiger charge is 1.99. The van der Waals surface area contributed by atoms with Crippen molar-refractivity contribution in [3.63, 3.8) is 0 Å². The van der Waals surface area contributed by atoms with Crippen LogP contribution in [0.2, 0.25) is 0 Å². The van der Waals surface area contributed by atoms with E-state index in [-0.39, 0.29) is 0 Å². The van der Waals surface area contributed by atoms with Gasteiger partial charge < -0.3 is 5.73 Å². The molecule has 2 N–H and O–H groups in total. The summed E-state index contributed by atoms with van der Waals surface area (Å²) in [4.78, 5) is 0. The highest BCUT2D eigenvalue weighted by Crippen LogP contribution is 2.19. The SMILES string of the molecule is CC(C)Sc1ccc(CN)nn1. The third-order valence-electron chi connectivity index (χ3n) is 1.26. The molecular formula is C8H13N3S. The molecule has 0 atom stereocenters. The Morgan fingerprint density at radius 2 is 2.17 bits per heavy atom. The molecule has 1 rings (SSSR count). The predicted octanol–water partition coefficient (Wildman–Crippen LogP) is 1.44. The van der Waals surface area contributed by atoms with Crippen molar-refractivity contribution in [2.24, 2.45) is 5.73 Å². The van der Waals surface area contributed by atoms with Crippen molar-refractivity contribution in [1.29, 1.82) is 0 Å². The van der Waals surface area contributed by atoms with E-state index in [1.54, 1.807) is 11.8 Å². The van der Waals surface area contributed by atoms with Crippen LogP contribution in [-0.2, 0) is 6.54 Å². The molecule has 0 saturated carbocycles. The number of aromatic nitrogens is 2. The van der Waals surface area contributed by atoms with Gasteiger partial charge in [0.1, 0.15) is 5.03 Å². The lowest BCUT2D eigenvalue weighted by Gasteiger charge is -2.02. The first-order valence-corrected chi connectivity index (χ1v) is 4.79. The summed E-state index contributed by atoms with van der Waals surface area (Å²) in [7, 11) is 0. The van der Waals surface area contributed by atoms with E-state index >= 15 is 0 Å². The van der Waals surface area contributed by atoms with Gasteiger partial charge in [0.15, 0.2) is 0 Å². The number of nitrogens with two attached hydrogens (primary N) is 1. The van der Waals surface area contributed by atoms with Gasteiger partial charge in [0.05, 0.1) is 5.69 Å². The first-order chi connectivity index (χ1) is 5.72. The first-order valence-electron chi connectivity index (χ1n) is 3.91. The summed E-state index contributed by atoms with van der Waals surface area (Å²) in [5, 5.41) is 9.48. The molecule has 1 aromatic heterocycles. The summed E-state index contributed by atoms with van der Waals surface area (Å²) in [6.07, 6.45) is 0. The maximum absolute atomic E-state index is 5.39. The van der Waals surface area contributed by atoms with Crippen LogP contribution in [0.25, 0.3) is 0 Å². The largest absolute Gasteiger partial charge is 0.325 e. The van der Waals surface area contributed by atoms with Crippen LogP contribution in [0.1, 0.15) is 19.5 Å². The summed E-state index contributed by atoms with van der Waals surface area (Å²) in [6, 6.07) is 3.87. The lowest BCUT2D eigenvalue weighted by atomic mass is 10.4. The van der Waals surface area contributed by atoms with Crippen LogP contribution in [0.15, 0.2) is 17.2 Å². The first kappa shape index (κ1) is 9.48. The van der Waals surface area contributed by atoms with E-state index in [4.69, 9.17) is 5.73 Å². The Kier molecular flexibility index (Phi) is 3.49.